The van der Waals surface area contributed by atoms with E-state index in [4.69, 9.17) is 0 Å². The number of ether oxygens (including phenoxy) is 1. The van der Waals surface area contributed by atoms with Gasteiger partial charge in [0.25, 0.3) is 0 Å². The number of benzene rings is 1. The molecule has 0 spiro atoms. The smallest absolute Gasteiger partial charge is 0.305 e. The molecular formula is C13H18BrNO2. The van der Waals surface area contributed by atoms with Crippen LogP contribution in [-0.2, 0) is 9.53 Å². The second-order valence-corrected chi connectivity index (χ2v) is 4.83. The van der Waals surface area contributed by atoms with E-state index in [0.717, 1.165) is 17.4 Å². The zero-order valence-corrected chi connectivity index (χ0v) is 11.8. The number of esters is 1. The molecule has 1 atom stereocenters. The van der Waals surface area contributed by atoms with Gasteiger partial charge < -0.3 is 10.1 Å². The third kappa shape index (κ3) is 5.33. The van der Waals surface area contributed by atoms with E-state index < -0.39 is 0 Å². The van der Waals surface area contributed by atoms with Crippen LogP contribution < -0.4 is 5.32 Å². The Hall–Kier alpha value is -0.870. The van der Waals surface area contributed by atoms with Gasteiger partial charge in [0, 0.05) is 16.9 Å². The Morgan fingerprint density at radius 1 is 1.53 bits per heavy atom. The number of rotatable bonds is 6. The topological polar surface area (TPSA) is 38.3 Å². The molecule has 0 saturated heterocycles. The van der Waals surface area contributed by atoms with E-state index in [2.05, 4.69) is 45.0 Å². The second-order valence-electron chi connectivity index (χ2n) is 3.91. The number of methoxy groups -OCH3 is 1. The van der Waals surface area contributed by atoms with Crippen molar-refractivity contribution in [1.29, 1.82) is 0 Å². The van der Waals surface area contributed by atoms with Gasteiger partial charge in [-0.25, -0.2) is 0 Å². The maximum atomic E-state index is 10.9. The fourth-order valence-electron chi connectivity index (χ4n) is 1.55. The lowest BCUT2D eigenvalue weighted by Crippen LogP contribution is -2.20. The first-order valence-corrected chi connectivity index (χ1v) is 6.48. The van der Waals surface area contributed by atoms with Crippen LogP contribution >= 0.6 is 15.9 Å². The summed E-state index contributed by atoms with van der Waals surface area (Å²) in [6.45, 7) is 2.92. The van der Waals surface area contributed by atoms with Gasteiger partial charge >= 0.3 is 5.97 Å². The molecule has 0 amide bonds. The molecule has 0 heterocycles. The average molecular weight is 300 g/mol. The molecule has 3 nitrogen and oxygen atoms in total. The Morgan fingerprint density at radius 3 is 2.94 bits per heavy atom. The quantitative estimate of drug-likeness (QED) is 0.648. The minimum absolute atomic E-state index is 0.151. The molecule has 0 unspecified atom stereocenters. The summed E-state index contributed by atoms with van der Waals surface area (Å²) in [6.07, 6.45) is 1.26. The van der Waals surface area contributed by atoms with Crippen LogP contribution in [0.4, 0.5) is 0 Å². The van der Waals surface area contributed by atoms with E-state index in [1.807, 2.05) is 12.1 Å². The van der Waals surface area contributed by atoms with Crippen molar-refractivity contribution in [2.75, 3.05) is 13.7 Å². The summed E-state index contributed by atoms with van der Waals surface area (Å²) in [7, 11) is 1.42. The van der Waals surface area contributed by atoms with Gasteiger partial charge in [-0.3, -0.25) is 4.79 Å². The average Bonchev–Trinajstić information content (AvgIpc) is 2.34. The molecule has 0 saturated carbocycles. The molecule has 0 aliphatic carbocycles. The zero-order valence-electron chi connectivity index (χ0n) is 10.2. The van der Waals surface area contributed by atoms with E-state index in [1.165, 1.54) is 12.7 Å². The van der Waals surface area contributed by atoms with Crippen LogP contribution in [0, 0.1) is 0 Å². The predicted molar refractivity (Wildman–Crippen MR) is 71.8 cm³/mol. The first kappa shape index (κ1) is 14.2. The largest absolute Gasteiger partial charge is 0.469 e. The van der Waals surface area contributed by atoms with E-state index in [9.17, 15) is 4.79 Å². The maximum absolute atomic E-state index is 10.9. The molecule has 0 fully saturated rings. The monoisotopic (exact) mass is 299 g/mol. The molecule has 0 radical (unpaired) electrons. The lowest BCUT2D eigenvalue weighted by molar-refractivity contribution is -0.140. The normalized spacial score (nSPS) is 12.2. The van der Waals surface area contributed by atoms with Crippen LogP contribution in [0.25, 0.3) is 0 Å². The highest BCUT2D eigenvalue weighted by atomic mass is 79.9. The maximum Gasteiger partial charge on any atom is 0.305 e. The fraction of sp³-hybridized carbons (Fsp3) is 0.462. The lowest BCUT2D eigenvalue weighted by atomic mass is 10.1. The highest BCUT2D eigenvalue weighted by molar-refractivity contribution is 9.10. The Labute approximate surface area is 111 Å². The van der Waals surface area contributed by atoms with Crippen LogP contribution in [0.1, 0.15) is 31.4 Å². The summed E-state index contributed by atoms with van der Waals surface area (Å²) >= 11 is 3.45. The number of carbonyl (C=O) groups is 1. The zero-order chi connectivity index (χ0) is 12.7. The molecule has 0 aromatic heterocycles. The molecule has 1 aromatic rings. The van der Waals surface area contributed by atoms with Gasteiger partial charge in [0.15, 0.2) is 0 Å². The molecule has 0 aliphatic heterocycles. The summed E-state index contributed by atoms with van der Waals surface area (Å²) in [5, 5.41) is 3.38. The first-order chi connectivity index (χ1) is 8.13. The molecule has 1 N–H and O–H groups in total. The molecule has 94 valence electrons. The number of carbonyl (C=O) groups excluding carboxylic acids is 1. The van der Waals surface area contributed by atoms with E-state index in [1.54, 1.807) is 0 Å². The van der Waals surface area contributed by atoms with Crippen molar-refractivity contribution >= 4 is 21.9 Å². The van der Waals surface area contributed by atoms with Gasteiger partial charge in [0.2, 0.25) is 0 Å². The summed E-state index contributed by atoms with van der Waals surface area (Å²) in [5.41, 5.74) is 1.23. The summed E-state index contributed by atoms with van der Waals surface area (Å²) in [4.78, 5) is 10.9. The van der Waals surface area contributed by atoms with Crippen molar-refractivity contribution in [2.24, 2.45) is 0 Å². The van der Waals surface area contributed by atoms with Crippen LogP contribution in [-0.4, -0.2) is 19.6 Å². The van der Waals surface area contributed by atoms with Crippen molar-refractivity contribution in [2.45, 2.75) is 25.8 Å². The molecule has 1 rings (SSSR count). The minimum Gasteiger partial charge on any atom is -0.469 e. The minimum atomic E-state index is -0.151. The van der Waals surface area contributed by atoms with Crippen LogP contribution in [0.15, 0.2) is 28.7 Å². The second kappa shape index (κ2) is 7.45. The molecule has 17 heavy (non-hydrogen) atoms. The molecule has 0 bridgehead atoms. The third-order valence-electron chi connectivity index (χ3n) is 2.58. The molecule has 0 aliphatic rings. The number of nitrogens with one attached hydrogen (secondary N) is 1. The summed E-state index contributed by atoms with van der Waals surface area (Å²) < 4.78 is 5.67. The van der Waals surface area contributed by atoms with Gasteiger partial charge in [-0.15, -0.1) is 0 Å². The Balaban J connectivity index is 2.30. The number of hydrogen-bond donors (Lipinski definition) is 1. The van der Waals surface area contributed by atoms with Crippen LogP contribution in [0.2, 0.25) is 0 Å². The van der Waals surface area contributed by atoms with Gasteiger partial charge in [0.05, 0.1) is 7.11 Å². The van der Waals surface area contributed by atoms with E-state index in [-0.39, 0.29) is 12.0 Å². The predicted octanol–water partition coefficient (Wildman–Crippen LogP) is 3.05. The van der Waals surface area contributed by atoms with Gasteiger partial charge in [-0.1, -0.05) is 28.1 Å². The van der Waals surface area contributed by atoms with Gasteiger partial charge in [-0.2, -0.15) is 0 Å². The molecule has 1 aromatic carbocycles. The molecule has 4 heteroatoms. The summed E-state index contributed by atoms with van der Waals surface area (Å²) in [5.74, 6) is -0.151. The highest BCUT2D eigenvalue weighted by Gasteiger charge is 2.05. The van der Waals surface area contributed by atoms with Crippen molar-refractivity contribution < 1.29 is 9.53 Å². The standard InChI is InChI=1S/C13H18BrNO2/c1-10(11-5-3-6-12(14)9-11)15-8-4-7-13(16)17-2/h3,5-6,9-10,15H,4,7-8H2,1-2H3/t10-/m1/s1. The Kier molecular flexibility index (Phi) is 6.22. The van der Waals surface area contributed by atoms with Crippen molar-refractivity contribution in [3.63, 3.8) is 0 Å². The fourth-order valence-corrected chi connectivity index (χ4v) is 1.96. The van der Waals surface area contributed by atoms with Crippen molar-refractivity contribution in [3.8, 4) is 0 Å². The highest BCUT2D eigenvalue weighted by Crippen LogP contribution is 2.17. The lowest BCUT2D eigenvalue weighted by Gasteiger charge is -2.14. The number of halogens is 1. The SMILES string of the molecule is COC(=O)CCCN[C@H](C)c1cccc(Br)c1. The van der Waals surface area contributed by atoms with Crippen molar-refractivity contribution in [3.05, 3.63) is 34.3 Å². The first-order valence-electron chi connectivity index (χ1n) is 5.69. The van der Waals surface area contributed by atoms with Gasteiger partial charge in [0.1, 0.15) is 0 Å². The van der Waals surface area contributed by atoms with Crippen LogP contribution in [0.3, 0.4) is 0 Å². The van der Waals surface area contributed by atoms with E-state index >= 15 is 0 Å². The van der Waals surface area contributed by atoms with E-state index in [0.29, 0.717) is 6.42 Å². The Morgan fingerprint density at radius 2 is 2.29 bits per heavy atom. The molecular weight excluding hydrogens is 282 g/mol. The summed E-state index contributed by atoms with van der Waals surface area (Å²) in [6, 6.07) is 8.49. The van der Waals surface area contributed by atoms with Crippen LogP contribution in [0.5, 0.6) is 0 Å². The Bertz CT molecular complexity index is 368. The van der Waals surface area contributed by atoms with Gasteiger partial charge in [-0.05, 0) is 37.6 Å². The van der Waals surface area contributed by atoms with Crippen molar-refractivity contribution in [1.82, 2.24) is 5.32 Å². The third-order valence-corrected chi connectivity index (χ3v) is 3.08. The number of hydrogen-bond acceptors (Lipinski definition) is 3.